The van der Waals surface area contributed by atoms with Crippen LogP contribution in [0.4, 0.5) is 0 Å². The van der Waals surface area contributed by atoms with E-state index in [1.54, 1.807) is 31.4 Å². The maximum absolute atomic E-state index is 14.0. The van der Waals surface area contributed by atoms with Crippen molar-refractivity contribution in [1.29, 1.82) is 0 Å². The fraction of sp³-hybridized carbons (Fsp3) is 0.143. The van der Waals surface area contributed by atoms with E-state index in [4.69, 9.17) is 20.7 Å². The van der Waals surface area contributed by atoms with Crippen LogP contribution in [0.2, 0.25) is 5.02 Å². The summed E-state index contributed by atoms with van der Waals surface area (Å²) in [7, 11) is -1.16. The molecular weight excluding hydrogens is 366 g/mol. The van der Waals surface area contributed by atoms with Crippen LogP contribution < -0.4 is 4.74 Å². The van der Waals surface area contributed by atoms with E-state index < -0.39 is 9.73 Å². The molecule has 0 aliphatic rings. The van der Waals surface area contributed by atoms with Crippen LogP contribution in [0.15, 0.2) is 93.0 Å². The number of methoxy groups -OCH3 is 1. The van der Waals surface area contributed by atoms with Gasteiger partial charge in [0.25, 0.3) is 0 Å². The molecule has 5 heteroatoms. The van der Waals surface area contributed by atoms with Crippen molar-refractivity contribution in [3.63, 3.8) is 0 Å². The van der Waals surface area contributed by atoms with Gasteiger partial charge in [-0.05, 0) is 61.0 Å². The fourth-order valence-electron chi connectivity index (χ4n) is 2.65. The normalized spacial score (nSPS) is 14.3. The topological polar surface area (TPSA) is 38.7 Å². The molecule has 0 saturated carbocycles. The van der Waals surface area contributed by atoms with E-state index in [-0.39, 0.29) is 6.04 Å². The molecule has 0 saturated heterocycles. The molecule has 0 N–H and O–H groups in total. The summed E-state index contributed by atoms with van der Waals surface area (Å²) in [6.45, 7) is 1.94. The van der Waals surface area contributed by atoms with E-state index >= 15 is 0 Å². The lowest BCUT2D eigenvalue weighted by Gasteiger charge is -2.15. The summed E-state index contributed by atoms with van der Waals surface area (Å²) in [6.07, 6.45) is 0. The molecule has 0 fully saturated rings. The molecule has 26 heavy (non-hydrogen) atoms. The zero-order valence-corrected chi connectivity index (χ0v) is 16.2. The molecule has 0 aromatic heterocycles. The highest BCUT2D eigenvalue weighted by Gasteiger charge is 2.18. The van der Waals surface area contributed by atoms with Gasteiger partial charge in [0.2, 0.25) is 0 Å². The standard InChI is InChI=1S/C21H20ClNO2S/c1-16(17-8-12-19(25-2)13-9-17)23-26(24,20-6-4-3-5-7-20)21-14-10-18(22)11-15-21/h3-16H,1-2H3. The summed E-state index contributed by atoms with van der Waals surface area (Å²) >= 11 is 6.00. The maximum atomic E-state index is 14.0. The minimum absolute atomic E-state index is 0.246. The summed E-state index contributed by atoms with van der Waals surface area (Å²) in [5.74, 6) is 0.780. The fourth-order valence-corrected chi connectivity index (χ4v) is 4.89. The Morgan fingerprint density at radius 2 is 1.46 bits per heavy atom. The van der Waals surface area contributed by atoms with E-state index in [1.165, 1.54) is 0 Å². The Labute approximate surface area is 159 Å². The van der Waals surface area contributed by atoms with Crippen molar-refractivity contribution in [2.24, 2.45) is 4.36 Å². The molecule has 2 unspecified atom stereocenters. The van der Waals surface area contributed by atoms with E-state index in [0.717, 1.165) is 11.3 Å². The van der Waals surface area contributed by atoms with E-state index in [0.29, 0.717) is 14.8 Å². The highest BCUT2D eigenvalue weighted by atomic mass is 35.5. The minimum Gasteiger partial charge on any atom is -0.497 e. The van der Waals surface area contributed by atoms with Crippen molar-refractivity contribution in [3.05, 3.63) is 89.4 Å². The van der Waals surface area contributed by atoms with Crippen molar-refractivity contribution >= 4 is 21.3 Å². The lowest BCUT2D eigenvalue weighted by Crippen LogP contribution is -2.05. The number of nitrogens with zero attached hydrogens (tertiary/aromatic N) is 1. The first-order chi connectivity index (χ1) is 12.5. The highest BCUT2D eigenvalue weighted by Crippen LogP contribution is 2.30. The maximum Gasteiger partial charge on any atom is 0.118 e. The number of hydrogen-bond donors (Lipinski definition) is 0. The van der Waals surface area contributed by atoms with E-state index in [9.17, 15) is 4.21 Å². The number of halogens is 1. The number of ether oxygens (including phenoxy) is 1. The van der Waals surface area contributed by atoms with Crippen molar-refractivity contribution in [2.45, 2.75) is 22.8 Å². The van der Waals surface area contributed by atoms with Crippen LogP contribution in [0.3, 0.4) is 0 Å². The third-order valence-corrected chi connectivity index (χ3v) is 6.79. The first-order valence-corrected chi connectivity index (χ1v) is 10.1. The zero-order chi connectivity index (χ0) is 18.6. The predicted octanol–water partition coefficient (Wildman–Crippen LogP) is 6.00. The number of hydrogen-bond acceptors (Lipinski definition) is 3. The number of benzene rings is 3. The van der Waals surface area contributed by atoms with Crippen LogP contribution in [-0.4, -0.2) is 11.3 Å². The van der Waals surface area contributed by atoms with Gasteiger partial charge in [0.05, 0.1) is 22.9 Å². The lowest BCUT2D eigenvalue weighted by molar-refractivity contribution is 0.414. The summed E-state index contributed by atoms with van der Waals surface area (Å²) < 4.78 is 23.9. The molecule has 3 aromatic carbocycles. The highest BCUT2D eigenvalue weighted by molar-refractivity contribution is 7.93. The summed E-state index contributed by atoms with van der Waals surface area (Å²) in [4.78, 5) is 1.33. The Balaban J connectivity index is 2.12. The molecule has 0 amide bonds. The molecule has 0 spiro atoms. The Morgan fingerprint density at radius 3 is 2.04 bits per heavy atom. The van der Waals surface area contributed by atoms with Crippen LogP contribution in [0.5, 0.6) is 5.75 Å². The lowest BCUT2D eigenvalue weighted by atomic mass is 10.1. The predicted molar refractivity (Wildman–Crippen MR) is 106 cm³/mol. The number of rotatable bonds is 5. The first kappa shape index (κ1) is 18.5. The molecule has 0 aliphatic carbocycles. The molecule has 0 aliphatic heterocycles. The summed E-state index contributed by atoms with van der Waals surface area (Å²) in [5, 5.41) is 0.603. The molecule has 0 heterocycles. The van der Waals surface area contributed by atoms with Crippen LogP contribution in [0.25, 0.3) is 0 Å². The van der Waals surface area contributed by atoms with Gasteiger partial charge in [-0.3, -0.25) is 0 Å². The van der Waals surface area contributed by atoms with E-state index in [1.807, 2.05) is 61.5 Å². The smallest absolute Gasteiger partial charge is 0.118 e. The largest absolute Gasteiger partial charge is 0.497 e. The molecule has 0 bridgehead atoms. The molecule has 3 rings (SSSR count). The second kappa shape index (κ2) is 7.94. The molecular formula is C21H20ClNO2S. The average molecular weight is 386 g/mol. The average Bonchev–Trinajstić information content (AvgIpc) is 2.69. The van der Waals surface area contributed by atoms with E-state index in [2.05, 4.69) is 0 Å². The minimum atomic E-state index is -2.79. The van der Waals surface area contributed by atoms with Gasteiger partial charge in [-0.15, -0.1) is 0 Å². The van der Waals surface area contributed by atoms with Gasteiger partial charge in [-0.1, -0.05) is 41.9 Å². The molecule has 3 aromatic rings. The van der Waals surface area contributed by atoms with Gasteiger partial charge < -0.3 is 4.74 Å². The van der Waals surface area contributed by atoms with Crippen LogP contribution in [0.1, 0.15) is 18.5 Å². The van der Waals surface area contributed by atoms with Gasteiger partial charge in [0.1, 0.15) is 15.5 Å². The molecule has 134 valence electrons. The third kappa shape index (κ3) is 3.92. The SMILES string of the molecule is COc1ccc(C(C)N=S(=O)(c2ccccc2)c2ccc(Cl)cc2)cc1. The summed E-state index contributed by atoms with van der Waals surface area (Å²) in [5.41, 5.74) is 0.975. The van der Waals surface area contributed by atoms with Gasteiger partial charge >= 0.3 is 0 Å². The first-order valence-electron chi connectivity index (χ1n) is 8.24. The Morgan fingerprint density at radius 1 is 0.885 bits per heavy atom. The molecule has 2 atom stereocenters. The van der Waals surface area contributed by atoms with Gasteiger partial charge in [-0.25, -0.2) is 8.57 Å². The van der Waals surface area contributed by atoms with Crippen LogP contribution in [-0.2, 0) is 9.73 Å². The van der Waals surface area contributed by atoms with Gasteiger partial charge in [0.15, 0.2) is 0 Å². The van der Waals surface area contributed by atoms with Crippen molar-refractivity contribution in [2.75, 3.05) is 7.11 Å². The van der Waals surface area contributed by atoms with Crippen LogP contribution in [0, 0.1) is 0 Å². The second-order valence-corrected chi connectivity index (χ2v) is 8.49. The Hall–Kier alpha value is -2.30. The van der Waals surface area contributed by atoms with Gasteiger partial charge in [0, 0.05) is 5.02 Å². The third-order valence-electron chi connectivity index (χ3n) is 4.10. The molecule has 3 nitrogen and oxygen atoms in total. The zero-order valence-electron chi connectivity index (χ0n) is 14.6. The second-order valence-electron chi connectivity index (χ2n) is 5.85. The monoisotopic (exact) mass is 385 g/mol. The summed E-state index contributed by atoms with van der Waals surface area (Å²) in [6, 6.07) is 23.8. The van der Waals surface area contributed by atoms with Crippen molar-refractivity contribution < 1.29 is 8.95 Å². The Bertz CT molecular complexity index is 977. The molecule has 0 radical (unpaired) electrons. The van der Waals surface area contributed by atoms with Crippen LogP contribution >= 0.6 is 11.6 Å². The Kier molecular flexibility index (Phi) is 5.64. The quantitative estimate of drug-likeness (QED) is 0.540. The van der Waals surface area contributed by atoms with Gasteiger partial charge in [-0.2, -0.15) is 0 Å². The van der Waals surface area contributed by atoms with Crippen molar-refractivity contribution in [3.8, 4) is 5.75 Å². The van der Waals surface area contributed by atoms with Crippen molar-refractivity contribution in [1.82, 2.24) is 0 Å².